The molecule has 4 N–H and O–H groups in total. The molecule has 1 saturated heterocycles. The van der Waals surface area contributed by atoms with Crippen molar-refractivity contribution in [1.29, 1.82) is 0 Å². The number of carbonyl (C=O) groups excluding carboxylic acids is 3. The number of benzene rings is 2. The Hall–Kier alpha value is -4.34. The predicted octanol–water partition coefficient (Wildman–Crippen LogP) is 4.26. The Kier molecular flexibility index (Phi) is 5.90. The van der Waals surface area contributed by atoms with Gasteiger partial charge < -0.3 is 21.3 Å². The van der Waals surface area contributed by atoms with Crippen molar-refractivity contribution < 1.29 is 23.2 Å². The fourth-order valence-corrected chi connectivity index (χ4v) is 6.34. The van der Waals surface area contributed by atoms with Gasteiger partial charge in [-0.3, -0.25) is 14.4 Å². The van der Waals surface area contributed by atoms with Crippen molar-refractivity contribution in [2.45, 2.75) is 51.0 Å². The van der Waals surface area contributed by atoms with Crippen LogP contribution in [0.1, 0.15) is 55.0 Å². The lowest BCUT2D eigenvalue weighted by atomic mass is 9.78. The van der Waals surface area contributed by atoms with Gasteiger partial charge in [0, 0.05) is 28.4 Å². The van der Waals surface area contributed by atoms with Crippen LogP contribution in [0.2, 0.25) is 0 Å². The van der Waals surface area contributed by atoms with E-state index in [9.17, 15) is 23.2 Å². The van der Waals surface area contributed by atoms with Gasteiger partial charge in [0.1, 0.15) is 23.9 Å². The summed E-state index contributed by atoms with van der Waals surface area (Å²) in [5, 5.41) is 5.74. The molecule has 40 heavy (non-hydrogen) atoms. The third-order valence-corrected chi connectivity index (χ3v) is 8.55. The summed E-state index contributed by atoms with van der Waals surface area (Å²) in [5.74, 6) is -2.04. The lowest BCUT2D eigenvalue weighted by Gasteiger charge is -2.43. The van der Waals surface area contributed by atoms with Crippen molar-refractivity contribution in [3.63, 3.8) is 0 Å². The topological polar surface area (TPSA) is 117 Å². The Balaban J connectivity index is 1.23. The van der Waals surface area contributed by atoms with Crippen LogP contribution in [-0.4, -0.2) is 34.2 Å². The van der Waals surface area contributed by atoms with Crippen LogP contribution in [0.5, 0.6) is 0 Å². The molecule has 3 amide bonds. The number of hydrogen-bond donors (Lipinski definition) is 3. The van der Waals surface area contributed by atoms with Gasteiger partial charge in [-0.15, -0.1) is 0 Å². The Bertz CT molecular complexity index is 1590. The number of fused-ring (bicyclic) bond motifs is 3. The average Bonchev–Trinajstić information content (AvgIpc) is 3.43. The highest BCUT2D eigenvalue weighted by atomic mass is 19.1. The molecule has 2 aliphatic heterocycles. The summed E-state index contributed by atoms with van der Waals surface area (Å²) in [4.78, 5) is 45.2. The summed E-state index contributed by atoms with van der Waals surface area (Å²) in [7, 11) is 0. The van der Waals surface area contributed by atoms with E-state index in [4.69, 9.17) is 5.73 Å². The standard InChI is InChI=1S/C30H29F2N5O3/c1-29(2)10-9-22(19-7-8-21(31)25(33)24(19)32)37(28(29)40)15-23(38)35-18-6-5-16-13-30(14-17(16)12-18)20-4-3-11-34-26(20)36-27(30)39/h3-8,11-12,22H,9-10,13-15,33H2,1-2H3,(H,35,38)(H,34,36,39). The Morgan fingerprint density at radius 3 is 2.73 bits per heavy atom. The number of likely N-dealkylation sites (tertiary alicyclic amines) is 1. The number of nitrogens with one attached hydrogen (secondary N) is 2. The molecule has 10 heteroatoms. The van der Waals surface area contributed by atoms with Gasteiger partial charge in [-0.05, 0) is 61.1 Å². The van der Waals surface area contributed by atoms with Gasteiger partial charge in [0.15, 0.2) is 5.82 Å². The number of rotatable bonds is 4. The van der Waals surface area contributed by atoms with Crippen LogP contribution in [0, 0.1) is 17.0 Å². The molecule has 3 aliphatic rings. The fourth-order valence-electron chi connectivity index (χ4n) is 6.34. The molecule has 0 radical (unpaired) electrons. The van der Waals surface area contributed by atoms with Crippen LogP contribution in [-0.2, 0) is 32.6 Å². The molecule has 2 unspecified atom stereocenters. The van der Waals surface area contributed by atoms with Gasteiger partial charge in [-0.25, -0.2) is 13.8 Å². The number of aromatic nitrogens is 1. The summed E-state index contributed by atoms with van der Waals surface area (Å²) in [6.07, 6.45) is 3.53. The molecule has 3 aromatic rings. The van der Waals surface area contributed by atoms with Crippen molar-refractivity contribution >= 4 is 34.9 Å². The van der Waals surface area contributed by atoms with E-state index in [0.29, 0.717) is 37.2 Å². The van der Waals surface area contributed by atoms with E-state index in [1.807, 2.05) is 24.3 Å². The van der Waals surface area contributed by atoms with Gasteiger partial charge >= 0.3 is 0 Å². The van der Waals surface area contributed by atoms with E-state index in [1.54, 1.807) is 26.1 Å². The van der Waals surface area contributed by atoms with Gasteiger partial charge in [0.25, 0.3) is 0 Å². The number of pyridine rings is 1. The van der Waals surface area contributed by atoms with Crippen molar-refractivity contribution in [2.24, 2.45) is 5.41 Å². The molecule has 1 aliphatic carbocycles. The number of anilines is 3. The Labute approximate surface area is 230 Å². The van der Waals surface area contributed by atoms with E-state index in [1.165, 1.54) is 11.0 Å². The maximum Gasteiger partial charge on any atom is 0.244 e. The quantitative estimate of drug-likeness (QED) is 0.424. The van der Waals surface area contributed by atoms with Crippen molar-refractivity contribution in [3.8, 4) is 0 Å². The number of piperidine rings is 1. The SMILES string of the molecule is CC1(C)CCC(c2ccc(F)c(N)c2F)N(CC(=O)Nc2ccc3c(c2)CC2(C3)C(=O)Nc3ncccc32)C1=O. The van der Waals surface area contributed by atoms with Crippen molar-refractivity contribution in [2.75, 3.05) is 22.9 Å². The second-order valence-electron chi connectivity index (χ2n) is 11.6. The summed E-state index contributed by atoms with van der Waals surface area (Å²) >= 11 is 0. The molecule has 1 aromatic heterocycles. The maximum atomic E-state index is 15.0. The van der Waals surface area contributed by atoms with Gasteiger partial charge in [0.2, 0.25) is 17.7 Å². The van der Waals surface area contributed by atoms with E-state index >= 15 is 0 Å². The monoisotopic (exact) mass is 545 g/mol. The number of carbonyl (C=O) groups is 3. The zero-order valence-corrected chi connectivity index (χ0v) is 22.2. The molecule has 8 nitrogen and oxygen atoms in total. The van der Waals surface area contributed by atoms with Gasteiger partial charge in [-0.2, -0.15) is 0 Å². The predicted molar refractivity (Wildman–Crippen MR) is 145 cm³/mol. The lowest BCUT2D eigenvalue weighted by molar-refractivity contribution is -0.150. The summed E-state index contributed by atoms with van der Waals surface area (Å²) < 4.78 is 28.8. The molecule has 0 saturated carbocycles. The zero-order chi connectivity index (χ0) is 28.4. The van der Waals surface area contributed by atoms with Crippen LogP contribution in [0.25, 0.3) is 0 Å². The van der Waals surface area contributed by atoms with Crippen LogP contribution in [0.15, 0.2) is 48.7 Å². The minimum Gasteiger partial charge on any atom is -0.394 e. The fraction of sp³-hybridized carbons (Fsp3) is 0.333. The van der Waals surface area contributed by atoms with E-state index in [2.05, 4.69) is 15.6 Å². The second-order valence-corrected chi connectivity index (χ2v) is 11.6. The number of halogens is 2. The highest BCUT2D eigenvalue weighted by Gasteiger charge is 2.51. The smallest absolute Gasteiger partial charge is 0.244 e. The van der Waals surface area contributed by atoms with Crippen LogP contribution < -0.4 is 16.4 Å². The number of nitrogen functional groups attached to an aromatic ring is 1. The maximum absolute atomic E-state index is 15.0. The van der Waals surface area contributed by atoms with Crippen LogP contribution >= 0.6 is 0 Å². The molecule has 0 bridgehead atoms. The normalized spacial score (nSPS) is 22.7. The van der Waals surface area contributed by atoms with Gasteiger partial charge in [0.05, 0.1) is 11.5 Å². The van der Waals surface area contributed by atoms with Crippen LogP contribution in [0.3, 0.4) is 0 Å². The summed E-state index contributed by atoms with van der Waals surface area (Å²) in [6.45, 7) is 3.26. The Morgan fingerprint density at radius 2 is 1.93 bits per heavy atom. The van der Waals surface area contributed by atoms with Gasteiger partial charge in [-0.1, -0.05) is 32.0 Å². The number of nitrogens with two attached hydrogens (primary N) is 1. The molecular weight excluding hydrogens is 516 g/mol. The summed E-state index contributed by atoms with van der Waals surface area (Å²) in [6, 6.07) is 10.9. The second kappa shape index (κ2) is 9.11. The summed E-state index contributed by atoms with van der Waals surface area (Å²) in [5.41, 5.74) is 6.96. The number of hydrogen-bond acceptors (Lipinski definition) is 5. The number of nitrogens with zero attached hydrogens (tertiary/aromatic N) is 2. The first-order valence-corrected chi connectivity index (χ1v) is 13.2. The third kappa shape index (κ3) is 4.01. The molecule has 1 spiro atoms. The molecule has 206 valence electrons. The minimum absolute atomic E-state index is 0.0861. The van der Waals surface area contributed by atoms with Crippen LogP contribution in [0.4, 0.5) is 26.0 Å². The third-order valence-electron chi connectivity index (χ3n) is 8.55. The minimum atomic E-state index is -0.914. The average molecular weight is 546 g/mol. The zero-order valence-electron chi connectivity index (χ0n) is 22.2. The highest BCUT2D eigenvalue weighted by molar-refractivity contribution is 6.06. The lowest BCUT2D eigenvalue weighted by Crippen LogP contribution is -2.50. The first-order chi connectivity index (χ1) is 19.0. The van der Waals surface area contributed by atoms with E-state index in [0.717, 1.165) is 22.8 Å². The van der Waals surface area contributed by atoms with Crippen molar-refractivity contribution in [1.82, 2.24) is 9.88 Å². The molecule has 1 fully saturated rings. The molecule has 2 atom stereocenters. The highest BCUT2D eigenvalue weighted by Crippen LogP contribution is 2.47. The Morgan fingerprint density at radius 1 is 1.15 bits per heavy atom. The first kappa shape index (κ1) is 25.9. The van der Waals surface area contributed by atoms with E-state index < -0.39 is 40.1 Å². The van der Waals surface area contributed by atoms with Crippen molar-refractivity contribution in [3.05, 3.63) is 82.5 Å². The number of amides is 3. The molecule has 2 aromatic carbocycles. The molecule has 6 rings (SSSR count). The first-order valence-electron chi connectivity index (χ1n) is 13.2. The molecule has 3 heterocycles. The molecular formula is C30H29F2N5O3. The van der Waals surface area contributed by atoms with E-state index in [-0.39, 0.29) is 23.9 Å². The largest absolute Gasteiger partial charge is 0.394 e.